The van der Waals surface area contributed by atoms with Crippen molar-refractivity contribution in [2.45, 2.75) is 6.92 Å². The van der Waals surface area contributed by atoms with Crippen molar-refractivity contribution in [2.24, 2.45) is 0 Å². The number of anilines is 1. The van der Waals surface area contributed by atoms with E-state index in [9.17, 15) is 0 Å². The number of halogens is 1. The monoisotopic (exact) mass is 199 g/mol. The van der Waals surface area contributed by atoms with Crippen LogP contribution in [0.5, 0.6) is 0 Å². The van der Waals surface area contributed by atoms with Gasteiger partial charge in [-0.05, 0) is 18.7 Å². The molecule has 1 heterocycles. The number of pyridine rings is 1. The molecule has 2 N–H and O–H groups in total. The molecule has 0 fully saturated rings. The van der Waals surface area contributed by atoms with E-state index in [0.717, 1.165) is 25.5 Å². The zero-order valence-corrected chi connectivity index (χ0v) is 8.43. The summed E-state index contributed by atoms with van der Waals surface area (Å²) < 4.78 is 0. The van der Waals surface area contributed by atoms with Crippen molar-refractivity contribution in [2.75, 3.05) is 25.0 Å². The van der Waals surface area contributed by atoms with Crippen LogP contribution in [0.15, 0.2) is 18.3 Å². The van der Waals surface area contributed by atoms with Crippen LogP contribution < -0.4 is 10.6 Å². The molecule has 3 nitrogen and oxygen atoms in total. The second-order valence-electron chi connectivity index (χ2n) is 2.61. The van der Waals surface area contributed by atoms with Gasteiger partial charge in [-0.1, -0.05) is 18.5 Å². The molecule has 0 unspecified atom stereocenters. The lowest BCUT2D eigenvalue weighted by molar-refractivity contribution is 0.738. The highest BCUT2D eigenvalue weighted by Crippen LogP contribution is 2.16. The van der Waals surface area contributed by atoms with Gasteiger partial charge in [-0.2, -0.15) is 0 Å². The molecule has 0 bridgehead atoms. The fourth-order valence-corrected chi connectivity index (χ4v) is 1.15. The first-order valence-corrected chi connectivity index (χ1v) is 4.77. The summed E-state index contributed by atoms with van der Waals surface area (Å²) in [5.41, 5.74) is 0. The molecule has 1 aromatic heterocycles. The SMILES string of the molecule is CCNCCNc1ncccc1Cl. The maximum atomic E-state index is 5.89. The second kappa shape index (κ2) is 5.78. The lowest BCUT2D eigenvalue weighted by Crippen LogP contribution is -2.21. The predicted molar refractivity (Wildman–Crippen MR) is 56.3 cm³/mol. The Balaban J connectivity index is 2.32. The summed E-state index contributed by atoms with van der Waals surface area (Å²) in [6, 6.07) is 3.64. The van der Waals surface area contributed by atoms with Crippen molar-refractivity contribution >= 4 is 17.4 Å². The van der Waals surface area contributed by atoms with E-state index in [1.165, 1.54) is 0 Å². The highest BCUT2D eigenvalue weighted by atomic mass is 35.5. The molecule has 0 saturated carbocycles. The van der Waals surface area contributed by atoms with E-state index in [2.05, 4.69) is 22.5 Å². The van der Waals surface area contributed by atoms with Gasteiger partial charge in [-0.15, -0.1) is 0 Å². The van der Waals surface area contributed by atoms with Crippen LogP contribution in [0.3, 0.4) is 0 Å². The third kappa shape index (κ3) is 3.61. The topological polar surface area (TPSA) is 37.0 Å². The third-order valence-electron chi connectivity index (χ3n) is 1.60. The van der Waals surface area contributed by atoms with E-state index in [4.69, 9.17) is 11.6 Å². The second-order valence-corrected chi connectivity index (χ2v) is 3.02. The number of aromatic nitrogens is 1. The van der Waals surface area contributed by atoms with Crippen LogP contribution in [-0.4, -0.2) is 24.6 Å². The molecule has 0 aromatic carbocycles. The van der Waals surface area contributed by atoms with Gasteiger partial charge in [0.15, 0.2) is 0 Å². The first kappa shape index (κ1) is 10.3. The maximum absolute atomic E-state index is 5.89. The molecule has 1 aromatic rings. The zero-order valence-electron chi connectivity index (χ0n) is 7.68. The molecule has 0 atom stereocenters. The highest BCUT2D eigenvalue weighted by Gasteiger charge is 1.97. The number of rotatable bonds is 5. The van der Waals surface area contributed by atoms with Crippen LogP contribution >= 0.6 is 11.6 Å². The summed E-state index contributed by atoms with van der Waals surface area (Å²) in [6.07, 6.45) is 1.72. The van der Waals surface area contributed by atoms with E-state index in [1.54, 1.807) is 6.20 Å². The van der Waals surface area contributed by atoms with Crippen LogP contribution in [0, 0.1) is 0 Å². The summed E-state index contributed by atoms with van der Waals surface area (Å²) in [6.45, 7) is 4.82. The molecular formula is C9H14ClN3. The molecule has 4 heteroatoms. The van der Waals surface area contributed by atoms with Gasteiger partial charge in [0.2, 0.25) is 0 Å². The average Bonchev–Trinajstić information content (AvgIpc) is 2.15. The molecular weight excluding hydrogens is 186 g/mol. The summed E-state index contributed by atoms with van der Waals surface area (Å²) in [5, 5.41) is 7.01. The van der Waals surface area contributed by atoms with Crippen LogP contribution in [0.25, 0.3) is 0 Å². The fraction of sp³-hybridized carbons (Fsp3) is 0.444. The Kier molecular flexibility index (Phi) is 4.57. The Bertz CT molecular complexity index is 252. The Morgan fingerprint density at radius 2 is 2.31 bits per heavy atom. The van der Waals surface area contributed by atoms with Crippen molar-refractivity contribution in [1.82, 2.24) is 10.3 Å². The van der Waals surface area contributed by atoms with Gasteiger partial charge in [0.05, 0.1) is 5.02 Å². The highest BCUT2D eigenvalue weighted by molar-refractivity contribution is 6.32. The van der Waals surface area contributed by atoms with Gasteiger partial charge in [0, 0.05) is 19.3 Å². The van der Waals surface area contributed by atoms with Crippen LogP contribution in [0.2, 0.25) is 5.02 Å². The smallest absolute Gasteiger partial charge is 0.144 e. The first-order chi connectivity index (χ1) is 6.34. The van der Waals surface area contributed by atoms with Crippen molar-refractivity contribution in [3.8, 4) is 0 Å². The Morgan fingerprint density at radius 3 is 3.00 bits per heavy atom. The third-order valence-corrected chi connectivity index (χ3v) is 1.91. The van der Waals surface area contributed by atoms with E-state index in [-0.39, 0.29) is 0 Å². The van der Waals surface area contributed by atoms with Crippen LogP contribution in [0.1, 0.15) is 6.92 Å². The van der Waals surface area contributed by atoms with Gasteiger partial charge in [-0.25, -0.2) is 4.98 Å². The van der Waals surface area contributed by atoms with E-state index in [1.807, 2.05) is 12.1 Å². The number of nitrogens with one attached hydrogen (secondary N) is 2. The number of likely N-dealkylation sites (N-methyl/N-ethyl adjacent to an activating group) is 1. The Labute approximate surface area is 83.5 Å². The molecule has 0 aliphatic rings. The molecule has 0 spiro atoms. The minimum absolute atomic E-state index is 0.666. The van der Waals surface area contributed by atoms with E-state index < -0.39 is 0 Å². The number of hydrogen-bond acceptors (Lipinski definition) is 3. The lowest BCUT2D eigenvalue weighted by atomic mass is 10.4. The van der Waals surface area contributed by atoms with Gasteiger partial charge in [0.25, 0.3) is 0 Å². The van der Waals surface area contributed by atoms with Crippen molar-refractivity contribution in [3.05, 3.63) is 23.4 Å². The van der Waals surface area contributed by atoms with Crippen molar-refractivity contribution < 1.29 is 0 Å². The number of hydrogen-bond donors (Lipinski definition) is 2. The lowest BCUT2D eigenvalue weighted by Gasteiger charge is -2.06. The first-order valence-electron chi connectivity index (χ1n) is 4.39. The molecule has 13 heavy (non-hydrogen) atoms. The fourth-order valence-electron chi connectivity index (χ4n) is 0.962. The standard InChI is InChI=1S/C9H14ClN3/c1-2-11-6-7-13-9-8(10)4-3-5-12-9/h3-5,11H,2,6-7H2,1H3,(H,12,13). The minimum atomic E-state index is 0.666. The van der Waals surface area contributed by atoms with Gasteiger partial charge >= 0.3 is 0 Å². The van der Waals surface area contributed by atoms with Crippen LogP contribution in [0.4, 0.5) is 5.82 Å². The van der Waals surface area contributed by atoms with Gasteiger partial charge in [0.1, 0.15) is 5.82 Å². The number of nitrogens with zero attached hydrogens (tertiary/aromatic N) is 1. The normalized spacial score (nSPS) is 10.0. The summed E-state index contributed by atoms with van der Waals surface area (Å²) >= 11 is 5.89. The molecule has 0 amide bonds. The predicted octanol–water partition coefficient (Wildman–Crippen LogP) is 1.76. The van der Waals surface area contributed by atoms with Crippen molar-refractivity contribution in [3.63, 3.8) is 0 Å². The Hall–Kier alpha value is -0.800. The Morgan fingerprint density at radius 1 is 1.46 bits per heavy atom. The maximum Gasteiger partial charge on any atom is 0.144 e. The quantitative estimate of drug-likeness (QED) is 0.710. The molecule has 0 saturated heterocycles. The average molecular weight is 200 g/mol. The largest absolute Gasteiger partial charge is 0.368 e. The molecule has 0 aliphatic heterocycles. The summed E-state index contributed by atoms with van der Waals surface area (Å²) in [4.78, 5) is 4.11. The molecule has 1 rings (SSSR count). The molecule has 72 valence electrons. The van der Waals surface area contributed by atoms with Crippen LogP contribution in [-0.2, 0) is 0 Å². The van der Waals surface area contributed by atoms with E-state index >= 15 is 0 Å². The van der Waals surface area contributed by atoms with Gasteiger partial charge in [-0.3, -0.25) is 0 Å². The molecule has 0 aliphatic carbocycles. The van der Waals surface area contributed by atoms with Crippen molar-refractivity contribution in [1.29, 1.82) is 0 Å². The van der Waals surface area contributed by atoms with E-state index in [0.29, 0.717) is 5.02 Å². The minimum Gasteiger partial charge on any atom is -0.368 e. The molecule has 0 radical (unpaired) electrons. The van der Waals surface area contributed by atoms with Gasteiger partial charge < -0.3 is 10.6 Å². The summed E-state index contributed by atoms with van der Waals surface area (Å²) in [7, 11) is 0. The summed E-state index contributed by atoms with van der Waals surface area (Å²) in [5.74, 6) is 0.752. The zero-order chi connectivity index (χ0) is 9.52.